The molecule has 0 unspecified atom stereocenters. The third-order valence-electron chi connectivity index (χ3n) is 3.77. The Balaban J connectivity index is 1.73. The molecule has 0 radical (unpaired) electrons. The molecule has 2 aliphatic heterocycles. The minimum Gasteiger partial charge on any atom is -0.341 e. The topological polar surface area (TPSA) is 57.7 Å². The summed E-state index contributed by atoms with van der Waals surface area (Å²) >= 11 is 0.772. The van der Waals surface area contributed by atoms with Gasteiger partial charge in [0.15, 0.2) is 0 Å². The van der Waals surface area contributed by atoms with Gasteiger partial charge in [0.05, 0.1) is 4.91 Å². The number of benzene rings is 1. The molecule has 0 atom stereocenters. The summed E-state index contributed by atoms with van der Waals surface area (Å²) in [5.74, 6) is -1.13. The summed E-state index contributed by atoms with van der Waals surface area (Å²) in [5, 5.41) is -0.467. The summed E-state index contributed by atoms with van der Waals surface area (Å²) in [7, 11) is 0. The second kappa shape index (κ2) is 6.54. The Morgan fingerprint density at radius 1 is 1.26 bits per heavy atom. The molecule has 0 aromatic heterocycles. The molecule has 5 nitrogen and oxygen atoms in total. The van der Waals surface area contributed by atoms with E-state index in [4.69, 9.17) is 0 Å². The summed E-state index contributed by atoms with van der Waals surface area (Å²) in [6.45, 7) is 1.12. The van der Waals surface area contributed by atoms with Gasteiger partial charge < -0.3 is 4.90 Å². The maximum absolute atomic E-state index is 13.2. The molecule has 3 rings (SSSR count). The van der Waals surface area contributed by atoms with Crippen molar-refractivity contribution in [1.82, 2.24) is 9.80 Å². The number of hydrogen-bond donors (Lipinski definition) is 0. The highest BCUT2D eigenvalue weighted by Crippen LogP contribution is 2.32. The summed E-state index contributed by atoms with van der Waals surface area (Å²) in [6, 6.07) is 5.76. The van der Waals surface area contributed by atoms with Crippen LogP contribution in [0.2, 0.25) is 0 Å². The first-order valence-corrected chi connectivity index (χ1v) is 8.15. The lowest BCUT2D eigenvalue weighted by Crippen LogP contribution is -2.40. The van der Waals surface area contributed by atoms with Crippen molar-refractivity contribution in [2.45, 2.75) is 12.8 Å². The molecule has 0 N–H and O–H groups in total. The predicted octanol–water partition coefficient (Wildman–Crippen LogP) is 2.48. The fourth-order valence-corrected chi connectivity index (χ4v) is 3.42. The number of nitrogens with zero attached hydrogens (tertiary/aromatic N) is 2. The second-order valence-electron chi connectivity index (χ2n) is 5.41. The van der Waals surface area contributed by atoms with E-state index in [0.717, 1.165) is 29.5 Å². The molecule has 23 heavy (non-hydrogen) atoms. The van der Waals surface area contributed by atoms with Crippen LogP contribution in [0.25, 0.3) is 6.08 Å². The van der Waals surface area contributed by atoms with E-state index < -0.39 is 17.0 Å². The molecular formula is C16H15FN2O3S. The lowest BCUT2D eigenvalue weighted by molar-refractivity contribution is -0.135. The number of carbonyl (C=O) groups excluding carboxylic acids is 3. The smallest absolute Gasteiger partial charge is 0.294 e. The normalized spacial score (nSPS) is 20.0. The Kier molecular flexibility index (Phi) is 4.47. The van der Waals surface area contributed by atoms with Crippen LogP contribution in [0.4, 0.5) is 9.18 Å². The van der Waals surface area contributed by atoms with Gasteiger partial charge in [0.1, 0.15) is 12.4 Å². The SMILES string of the molecule is O=C(CN1C(=O)S/C(=C/c2cccc(F)c2)C1=O)N1CCCC1. The lowest BCUT2D eigenvalue weighted by Gasteiger charge is -2.18. The molecule has 3 amide bonds. The van der Waals surface area contributed by atoms with Gasteiger partial charge in [0, 0.05) is 13.1 Å². The van der Waals surface area contributed by atoms with E-state index in [0.29, 0.717) is 18.7 Å². The number of rotatable bonds is 3. The van der Waals surface area contributed by atoms with Crippen LogP contribution >= 0.6 is 11.8 Å². The van der Waals surface area contributed by atoms with E-state index in [9.17, 15) is 18.8 Å². The van der Waals surface area contributed by atoms with Crippen molar-refractivity contribution in [2.75, 3.05) is 19.6 Å². The minimum absolute atomic E-state index is 0.204. The molecule has 1 aromatic carbocycles. The van der Waals surface area contributed by atoms with Gasteiger partial charge in [-0.15, -0.1) is 0 Å². The van der Waals surface area contributed by atoms with Crippen molar-refractivity contribution in [3.63, 3.8) is 0 Å². The molecule has 120 valence electrons. The number of halogens is 1. The van der Waals surface area contributed by atoms with Crippen molar-refractivity contribution in [3.8, 4) is 0 Å². The monoisotopic (exact) mass is 334 g/mol. The highest BCUT2D eigenvalue weighted by molar-refractivity contribution is 8.18. The van der Waals surface area contributed by atoms with Crippen LogP contribution in [-0.4, -0.2) is 46.5 Å². The zero-order chi connectivity index (χ0) is 16.4. The average Bonchev–Trinajstić information content (AvgIpc) is 3.12. The van der Waals surface area contributed by atoms with Gasteiger partial charge >= 0.3 is 0 Å². The quantitative estimate of drug-likeness (QED) is 0.797. The zero-order valence-corrected chi connectivity index (χ0v) is 13.1. The third-order valence-corrected chi connectivity index (χ3v) is 4.68. The first kappa shape index (κ1) is 15.7. The molecule has 2 aliphatic rings. The van der Waals surface area contributed by atoms with Crippen molar-refractivity contribution < 1.29 is 18.8 Å². The first-order chi connectivity index (χ1) is 11.0. The Bertz CT molecular complexity index is 698. The van der Waals surface area contributed by atoms with Crippen molar-refractivity contribution >= 4 is 34.9 Å². The van der Waals surface area contributed by atoms with Crippen LogP contribution in [0.15, 0.2) is 29.2 Å². The van der Waals surface area contributed by atoms with Gasteiger partial charge in [0.25, 0.3) is 11.1 Å². The van der Waals surface area contributed by atoms with E-state index >= 15 is 0 Å². The van der Waals surface area contributed by atoms with Crippen LogP contribution in [0.1, 0.15) is 18.4 Å². The Labute approximate surface area is 137 Å². The fraction of sp³-hybridized carbons (Fsp3) is 0.312. The summed E-state index contributed by atoms with van der Waals surface area (Å²) in [6.07, 6.45) is 3.37. The van der Waals surface area contributed by atoms with Crippen LogP contribution in [0, 0.1) is 5.82 Å². The van der Waals surface area contributed by atoms with Gasteiger partial charge in [0.2, 0.25) is 5.91 Å². The Morgan fingerprint density at radius 3 is 2.70 bits per heavy atom. The predicted molar refractivity (Wildman–Crippen MR) is 84.9 cm³/mol. The van der Waals surface area contributed by atoms with Crippen LogP contribution in [0.5, 0.6) is 0 Å². The molecular weight excluding hydrogens is 319 g/mol. The fourth-order valence-electron chi connectivity index (χ4n) is 2.59. The molecule has 2 fully saturated rings. The molecule has 7 heteroatoms. The number of imide groups is 1. The van der Waals surface area contributed by atoms with E-state index in [1.54, 1.807) is 11.0 Å². The van der Waals surface area contributed by atoms with E-state index in [2.05, 4.69) is 0 Å². The Morgan fingerprint density at radius 2 is 2.00 bits per heavy atom. The number of likely N-dealkylation sites (tertiary alicyclic amines) is 1. The van der Waals surface area contributed by atoms with E-state index in [-0.39, 0.29) is 17.4 Å². The minimum atomic E-state index is -0.503. The molecule has 1 aromatic rings. The highest BCUT2D eigenvalue weighted by atomic mass is 32.2. The number of thioether (sulfide) groups is 1. The molecule has 0 bridgehead atoms. The average molecular weight is 334 g/mol. The van der Waals surface area contributed by atoms with Crippen molar-refractivity contribution in [1.29, 1.82) is 0 Å². The number of carbonyl (C=O) groups is 3. The molecule has 2 saturated heterocycles. The van der Waals surface area contributed by atoms with Gasteiger partial charge in [-0.1, -0.05) is 12.1 Å². The van der Waals surface area contributed by atoms with E-state index in [1.807, 2.05) is 0 Å². The molecule has 0 aliphatic carbocycles. The molecule has 2 heterocycles. The highest BCUT2D eigenvalue weighted by Gasteiger charge is 2.37. The third kappa shape index (κ3) is 3.44. The molecule has 0 saturated carbocycles. The summed E-state index contributed by atoms with van der Waals surface area (Å²) < 4.78 is 13.2. The van der Waals surface area contributed by atoms with Gasteiger partial charge in [-0.3, -0.25) is 19.3 Å². The van der Waals surface area contributed by atoms with E-state index in [1.165, 1.54) is 24.3 Å². The van der Waals surface area contributed by atoms with Crippen LogP contribution < -0.4 is 0 Å². The number of amides is 3. The van der Waals surface area contributed by atoms with Gasteiger partial charge in [-0.05, 0) is 48.4 Å². The van der Waals surface area contributed by atoms with Gasteiger partial charge in [-0.25, -0.2) is 4.39 Å². The Hall–Kier alpha value is -2.15. The van der Waals surface area contributed by atoms with Crippen molar-refractivity contribution in [3.05, 3.63) is 40.6 Å². The maximum atomic E-state index is 13.2. The zero-order valence-electron chi connectivity index (χ0n) is 12.3. The number of hydrogen-bond acceptors (Lipinski definition) is 4. The first-order valence-electron chi connectivity index (χ1n) is 7.33. The summed E-state index contributed by atoms with van der Waals surface area (Å²) in [4.78, 5) is 39.2. The second-order valence-corrected chi connectivity index (χ2v) is 6.40. The standard InChI is InChI=1S/C16H15FN2O3S/c17-12-5-3-4-11(8-12)9-13-15(21)19(16(22)23-13)10-14(20)18-6-1-2-7-18/h3-5,8-9H,1-2,6-7,10H2/b13-9+. The van der Waals surface area contributed by atoms with Crippen molar-refractivity contribution in [2.24, 2.45) is 0 Å². The molecule has 0 spiro atoms. The maximum Gasteiger partial charge on any atom is 0.294 e. The van der Waals surface area contributed by atoms with Crippen LogP contribution in [-0.2, 0) is 9.59 Å². The van der Waals surface area contributed by atoms with Gasteiger partial charge in [-0.2, -0.15) is 0 Å². The lowest BCUT2D eigenvalue weighted by atomic mass is 10.2. The largest absolute Gasteiger partial charge is 0.341 e. The van der Waals surface area contributed by atoms with Crippen LogP contribution in [0.3, 0.4) is 0 Å². The summed E-state index contributed by atoms with van der Waals surface area (Å²) in [5.41, 5.74) is 0.501.